The molecule has 0 bridgehead atoms. The first-order valence-corrected chi connectivity index (χ1v) is 9.36. The summed E-state index contributed by atoms with van der Waals surface area (Å²) in [5.41, 5.74) is 3.48. The molecule has 1 aromatic heterocycles. The van der Waals surface area contributed by atoms with Gasteiger partial charge in [-0.05, 0) is 29.3 Å². The van der Waals surface area contributed by atoms with E-state index in [9.17, 15) is 0 Å². The van der Waals surface area contributed by atoms with Crippen LogP contribution in [0, 0.1) is 0 Å². The molecule has 0 fully saturated rings. The van der Waals surface area contributed by atoms with E-state index < -0.39 is 0 Å². The third-order valence-electron chi connectivity index (χ3n) is 4.45. The smallest absolute Gasteiger partial charge is 0.232 e. The summed E-state index contributed by atoms with van der Waals surface area (Å²) in [4.78, 5) is 11.4. The van der Waals surface area contributed by atoms with Crippen molar-refractivity contribution in [3.05, 3.63) is 114 Å². The van der Waals surface area contributed by atoms with Crippen LogP contribution in [0.2, 0.25) is 0 Å². The van der Waals surface area contributed by atoms with Gasteiger partial charge in [0.05, 0.1) is 6.54 Å². The third kappa shape index (κ3) is 4.54. The minimum atomic E-state index is 0.674. The van der Waals surface area contributed by atoms with Gasteiger partial charge in [-0.15, -0.1) is 0 Å². The summed E-state index contributed by atoms with van der Waals surface area (Å²) in [6.07, 6.45) is 1.80. The Balaban J connectivity index is 1.59. The first-order chi connectivity index (χ1) is 13.9. The highest BCUT2D eigenvalue weighted by atomic mass is 15.3. The Morgan fingerprint density at radius 3 is 1.96 bits per heavy atom. The molecule has 138 valence electrons. The van der Waals surface area contributed by atoms with Gasteiger partial charge in [-0.25, -0.2) is 4.98 Å². The lowest BCUT2D eigenvalue weighted by Crippen LogP contribution is -2.19. The Morgan fingerprint density at radius 2 is 1.29 bits per heavy atom. The second-order valence-electron chi connectivity index (χ2n) is 6.49. The van der Waals surface area contributed by atoms with Gasteiger partial charge in [0.25, 0.3) is 0 Å². The number of hydrogen-bond acceptors (Lipinski definition) is 4. The van der Waals surface area contributed by atoms with E-state index in [2.05, 4.69) is 63.7 Å². The summed E-state index contributed by atoms with van der Waals surface area (Å²) in [7, 11) is 0. The zero-order valence-electron chi connectivity index (χ0n) is 15.6. The number of rotatable bonds is 7. The lowest BCUT2D eigenvalue weighted by molar-refractivity contribution is 0.909. The minimum absolute atomic E-state index is 0.674. The molecule has 0 amide bonds. The van der Waals surface area contributed by atoms with Crippen molar-refractivity contribution in [2.24, 2.45) is 0 Å². The largest absolute Gasteiger partial charge is 0.366 e. The predicted octanol–water partition coefficient (Wildman–Crippen LogP) is 5.43. The van der Waals surface area contributed by atoms with Crippen molar-refractivity contribution in [2.45, 2.75) is 13.1 Å². The van der Waals surface area contributed by atoms with E-state index in [0.29, 0.717) is 12.5 Å². The maximum Gasteiger partial charge on any atom is 0.232 e. The molecular weight excluding hydrogens is 344 g/mol. The molecule has 28 heavy (non-hydrogen) atoms. The van der Waals surface area contributed by atoms with E-state index in [4.69, 9.17) is 4.98 Å². The number of benzene rings is 3. The summed E-state index contributed by atoms with van der Waals surface area (Å²) in [5, 5.41) is 3.39. The molecule has 0 saturated carbocycles. The molecule has 4 rings (SSSR count). The van der Waals surface area contributed by atoms with E-state index in [0.717, 1.165) is 18.1 Å². The van der Waals surface area contributed by atoms with Crippen molar-refractivity contribution in [1.82, 2.24) is 9.97 Å². The van der Waals surface area contributed by atoms with Gasteiger partial charge in [0.2, 0.25) is 5.95 Å². The topological polar surface area (TPSA) is 41.1 Å². The maximum atomic E-state index is 4.76. The van der Waals surface area contributed by atoms with Gasteiger partial charge in [-0.1, -0.05) is 78.9 Å². The van der Waals surface area contributed by atoms with E-state index in [1.54, 1.807) is 6.20 Å². The van der Waals surface area contributed by atoms with Crippen LogP contribution in [0.1, 0.15) is 11.1 Å². The van der Waals surface area contributed by atoms with Crippen LogP contribution in [0.4, 0.5) is 17.5 Å². The number of nitrogens with one attached hydrogen (secondary N) is 1. The Bertz CT molecular complexity index is 989. The van der Waals surface area contributed by atoms with Crippen molar-refractivity contribution in [2.75, 3.05) is 10.2 Å². The number of hydrogen-bond donors (Lipinski definition) is 1. The van der Waals surface area contributed by atoms with Crippen LogP contribution in [0.25, 0.3) is 0 Å². The van der Waals surface area contributed by atoms with Crippen LogP contribution in [0.15, 0.2) is 103 Å². The average molecular weight is 366 g/mol. The Morgan fingerprint density at radius 1 is 0.679 bits per heavy atom. The molecule has 0 unspecified atom stereocenters. The van der Waals surface area contributed by atoms with Crippen LogP contribution in [-0.2, 0) is 13.1 Å². The Kier molecular flexibility index (Phi) is 5.59. The first-order valence-electron chi connectivity index (χ1n) is 9.36. The molecule has 0 spiro atoms. The molecule has 4 nitrogen and oxygen atoms in total. The Hall–Kier alpha value is -3.66. The number of aromatic nitrogens is 2. The molecule has 3 aromatic carbocycles. The number of para-hydroxylation sites is 1. The van der Waals surface area contributed by atoms with Crippen LogP contribution >= 0.6 is 0 Å². The van der Waals surface area contributed by atoms with Gasteiger partial charge in [0.15, 0.2) is 0 Å². The molecule has 0 atom stereocenters. The molecule has 0 aliphatic carbocycles. The molecular formula is C24H22N4. The Labute approximate surface area is 165 Å². The fourth-order valence-corrected chi connectivity index (χ4v) is 3.02. The SMILES string of the molecule is c1ccc(CNc2ccnc(N(Cc3ccccc3)c3ccccc3)n2)cc1. The minimum Gasteiger partial charge on any atom is -0.366 e. The zero-order valence-corrected chi connectivity index (χ0v) is 15.6. The molecule has 0 radical (unpaired) electrons. The maximum absolute atomic E-state index is 4.76. The van der Waals surface area contributed by atoms with Crippen LogP contribution < -0.4 is 10.2 Å². The van der Waals surface area contributed by atoms with E-state index >= 15 is 0 Å². The quantitative estimate of drug-likeness (QED) is 0.474. The fourth-order valence-electron chi connectivity index (χ4n) is 3.02. The lowest BCUT2D eigenvalue weighted by Gasteiger charge is -2.23. The van der Waals surface area contributed by atoms with E-state index in [1.807, 2.05) is 48.5 Å². The van der Waals surface area contributed by atoms with Crippen LogP contribution in [0.3, 0.4) is 0 Å². The zero-order chi connectivity index (χ0) is 19.0. The highest BCUT2D eigenvalue weighted by molar-refractivity contribution is 5.58. The summed E-state index contributed by atoms with van der Waals surface area (Å²) < 4.78 is 0. The van der Waals surface area contributed by atoms with Gasteiger partial charge in [-0.3, -0.25) is 0 Å². The highest BCUT2D eigenvalue weighted by Crippen LogP contribution is 2.25. The molecule has 0 saturated heterocycles. The van der Waals surface area contributed by atoms with Gasteiger partial charge in [-0.2, -0.15) is 4.98 Å². The highest BCUT2D eigenvalue weighted by Gasteiger charge is 2.13. The summed E-state index contributed by atoms with van der Waals surface area (Å²) >= 11 is 0. The number of anilines is 3. The normalized spacial score (nSPS) is 10.4. The predicted molar refractivity (Wildman–Crippen MR) is 115 cm³/mol. The average Bonchev–Trinajstić information content (AvgIpc) is 2.78. The summed E-state index contributed by atoms with van der Waals surface area (Å²) in [5.74, 6) is 1.48. The van der Waals surface area contributed by atoms with E-state index in [1.165, 1.54) is 11.1 Å². The van der Waals surface area contributed by atoms with Crippen molar-refractivity contribution >= 4 is 17.5 Å². The fraction of sp³-hybridized carbons (Fsp3) is 0.0833. The number of nitrogens with zero attached hydrogens (tertiary/aromatic N) is 3. The van der Waals surface area contributed by atoms with Crippen molar-refractivity contribution in [3.63, 3.8) is 0 Å². The van der Waals surface area contributed by atoms with Gasteiger partial charge in [0.1, 0.15) is 5.82 Å². The summed E-state index contributed by atoms with van der Waals surface area (Å²) in [6.45, 7) is 1.42. The van der Waals surface area contributed by atoms with Crippen LogP contribution in [0.5, 0.6) is 0 Å². The van der Waals surface area contributed by atoms with Gasteiger partial charge >= 0.3 is 0 Å². The van der Waals surface area contributed by atoms with Crippen molar-refractivity contribution < 1.29 is 0 Å². The molecule has 1 heterocycles. The van der Waals surface area contributed by atoms with Crippen molar-refractivity contribution in [3.8, 4) is 0 Å². The van der Waals surface area contributed by atoms with Crippen molar-refractivity contribution in [1.29, 1.82) is 0 Å². The first kappa shape index (κ1) is 17.7. The van der Waals surface area contributed by atoms with E-state index in [-0.39, 0.29) is 0 Å². The molecule has 1 N–H and O–H groups in total. The molecule has 4 heteroatoms. The molecule has 0 aliphatic heterocycles. The second kappa shape index (κ2) is 8.82. The third-order valence-corrected chi connectivity index (χ3v) is 4.45. The van der Waals surface area contributed by atoms with Gasteiger partial charge in [0, 0.05) is 18.4 Å². The molecule has 0 aliphatic rings. The molecule has 4 aromatic rings. The standard InChI is InChI=1S/C24H22N4/c1-4-10-20(11-5-1)18-26-23-16-17-25-24(27-23)28(22-14-8-3-9-15-22)19-21-12-6-2-7-13-21/h1-17H,18-19H2,(H,25,26,27). The van der Waals surface area contributed by atoms with Gasteiger partial charge < -0.3 is 10.2 Å². The summed E-state index contributed by atoms with van der Waals surface area (Å²) in [6, 6.07) is 32.8. The monoisotopic (exact) mass is 366 g/mol. The second-order valence-corrected chi connectivity index (χ2v) is 6.49. The lowest BCUT2D eigenvalue weighted by atomic mass is 10.2. The van der Waals surface area contributed by atoms with Crippen LogP contribution in [-0.4, -0.2) is 9.97 Å².